The molecule has 0 amide bonds. The fraction of sp³-hybridized carbons (Fsp3) is 0.333. The Hall–Kier alpha value is -0.250. The Bertz CT molecular complexity index is 270. The lowest BCUT2D eigenvalue weighted by Gasteiger charge is -2.09. The Morgan fingerprint density at radius 3 is 2.92 bits per heavy atom. The summed E-state index contributed by atoms with van der Waals surface area (Å²) >= 11 is 8.81. The largest absolute Gasteiger partial charge is 0.390 e. The molecule has 0 heterocycles. The van der Waals surface area contributed by atoms with Crippen LogP contribution in [0.15, 0.2) is 28.7 Å². The molecule has 0 unspecified atom stereocenters. The number of benzene rings is 1. The van der Waals surface area contributed by atoms with Gasteiger partial charge < -0.3 is 10.4 Å². The van der Waals surface area contributed by atoms with Crippen molar-refractivity contribution < 1.29 is 5.11 Å². The van der Waals surface area contributed by atoms with Crippen molar-refractivity contribution in [3.05, 3.63) is 28.7 Å². The first-order valence-electron chi connectivity index (χ1n) is 3.96. The first-order chi connectivity index (χ1) is 6.22. The molecule has 1 rings (SSSR count). The second-order valence-electron chi connectivity index (χ2n) is 2.70. The zero-order valence-corrected chi connectivity index (χ0v) is 9.35. The standard InChI is InChI=1S/C9H11BrClNO/c10-7-2-1-3-8(4-7)12-6-9(13)5-11/h1-4,9,12-13H,5-6H2/t9-/m0/s1. The summed E-state index contributed by atoms with van der Waals surface area (Å²) in [4.78, 5) is 0. The van der Waals surface area contributed by atoms with Crippen LogP contribution in [0.4, 0.5) is 5.69 Å². The van der Waals surface area contributed by atoms with Crippen molar-refractivity contribution in [3.63, 3.8) is 0 Å². The summed E-state index contributed by atoms with van der Waals surface area (Å²) in [5.41, 5.74) is 0.971. The number of aliphatic hydroxyl groups is 1. The second kappa shape index (κ2) is 5.47. The van der Waals surface area contributed by atoms with E-state index < -0.39 is 6.10 Å². The number of hydrogen-bond acceptors (Lipinski definition) is 2. The number of alkyl halides is 1. The predicted molar refractivity (Wildman–Crippen MR) is 59.4 cm³/mol. The van der Waals surface area contributed by atoms with Gasteiger partial charge in [-0.05, 0) is 18.2 Å². The molecule has 0 bridgehead atoms. The van der Waals surface area contributed by atoms with Crippen LogP contribution >= 0.6 is 27.5 Å². The summed E-state index contributed by atoms with van der Waals surface area (Å²) in [5.74, 6) is 0.251. The first-order valence-corrected chi connectivity index (χ1v) is 5.28. The smallest absolute Gasteiger partial charge is 0.0847 e. The zero-order chi connectivity index (χ0) is 9.68. The van der Waals surface area contributed by atoms with Gasteiger partial charge in [-0.2, -0.15) is 0 Å². The Morgan fingerprint density at radius 1 is 1.54 bits per heavy atom. The molecule has 0 saturated heterocycles. The highest BCUT2D eigenvalue weighted by Gasteiger charge is 2.00. The average molecular weight is 265 g/mol. The third-order valence-electron chi connectivity index (χ3n) is 1.54. The molecule has 13 heavy (non-hydrogen) atoms. The van der Waals surface area contributed by atoms with E-state index in [1.54, 1.807) is 0 Å². The summed E-state index contributed by atoms with van der Waals surface area (Å²) in [6.07, 6.45) is -0.499. The molecule has 0 aliphatic rings. The van der Waals surface area contributed by atoms with Gasteiger partial charge in [0.15, 0.2) is 0 Å². The van der Waals surface area contributed by atoms with Gasteiger partial charge >= 0.3 is 0 Å². The number of nitrogens with one attached hydrogen (secondary N) is 1. The van der Waals surface area contributed by atoms with Crippen LogP contribution in [0.2, 0.25) is 0 Å². The van der Waals surface area contributed by atoms with E-state index in [0.717, 1.165) is 10.2 Å². The molecule has 0 aromatic heterocycles. The van der Waals surface area contributed by atoms with Crippen LogP contribution < -0.4 is 5.32 Å². The van der Waals surface area contributed by atoms with Crippen molar-refractivity contribution in [2.75, 3.05) is 17.7 Å². The third-order valence-corrected chi connectivity index (χ3v) is 2.39. The van der Waals surface area contributed by atoms with Crippen molar-refractivity contribution >= 4 is 33.2 Å². The fourth-order valence-corrected chi connectivity index (χ4v) is 1.40. The van der Waals surface area contributed by atoms with Crippen molar-refractivity contribution in [2.24, 2.45) is 0 Å². The maximum Gasteiger partial charge on any atom is 0.0847 e. The molecule has 0 aliphatic carbocycles. The molecule has 1 aromatic rings. The molecule has 0 saturated carbocycles. The molecule has 2 nitrogen and oxygen atoms in total. The lowest BCUT2D eigenvalue weighted by molar-refractivity contribution is 0.211. The highest BCUT2D eigenvalue weighted by atomic mass is 79.9. The van der Waals surface area contributed by atoms with Gasteiger partial charge in [0, 0.05) is 16.7 Å². The van der Waals surface area contributed by atoms with Gasteiger partial charge in [0.2, 0.25) is 0 Å². The summed E-state index contributed by atoms with van der Waals surface area (Å²) in [6.45, 7) is 0.472. The molecule has 0 fully saturated rings. The van der Waals surface area contributed by atoms with E-state index >= 15 is 0 Å². The molecule has 1 aromatic carbocycles. The minimum Gasteiger partial charge on any atom is -0.390 e. The van der Waals surface area contributed by atoms with Gasteiger partial charge in [-0.15, -0.1) is 11.6 Å². The van der Waals surface area contributed by atoms with Crippen molar-refractivity contribution in [1.29, 1.82) is 0 Å². The van der Waals surface area contributed by atoms with E-state index in [2.05, 4.69) is 21.2 Å². The zero-order valence-electron chi connectivity index (χ0n) is 7.00. The lowest BCUT2D eigenvalue weighted by Crippen LogP contribution is -2.20. The Kier molecular flexibility index (Phi) is 4.56. The molecular formula is C9H11BrClNO. The van der Waals surface area contributed by atoms with Gasteiger partial charge in [-0.25, -0.2) is 0 Å². The Balaban J connectivity index is 2.45. The molecule has 0 radical (unpaired) electrons. The molecule has 0 spiro atoms. The van der Waals surface area contributed by atoms with Crippen molar-refractivity contribution in [2.45, 2.75) is 6.10 Å². The van der Waals surface area contributed by atoms with E-state index in [1.807, 2.05) is 24.3 Å². The van der Waals surface area contributed by atoms with Crippen LogP contribution in [0.5, 0.6) is 0 Å². The second-order valence-corrected chi connectivity index (χ2v) is 3.92. The highest BCUT2D eigenvalue weighted by Crippen LogP contribution is 2.15. The Morgan fingerprint density at radius 2 is 2.31 bits per heavy atom. The fourth-order valence-electron chi connectivity index (χ4n) is 0.889. The SMILES string of the molecule is O[C@@H](CCl)CNc1cccc(Br)c1. The van der Waals surface area contributed by atoms with Crippen LogP contribution in [0.3, 0.4) is 0 Å². The maximum atomic E-state index is 9.18. The average Bonchev–Trinajstić information content (AvgIpc) is 2.14. The predicted octanol–water partition coefficient (Wildman–Crippen LogP) is 2.46. The maximum absolute atomic E-state index is 9.18. The summed E-state index contributed by atoms with van der Waals surface area (Å²) < 4.78 is 1.01. The minimum absolute atomic E-state index is 0.251. The summed E-state index contributed by atoms with van der Waals surface area (Å²) in [7, 11) is 0. The van der Waals surface area contributed by atoms with E-state index in [9.17, 15) is 5.11 Å². The minimum atomic E-state index is -0.499. The van der Waals surface area contributed by atoms with E-state index in [1.165, 1.54) is 0 Å². The van der Waals surface area contributed by atoms with Gasteiger partial charge in [-0.1, -0.05) is 22.0 Å². The van der Waals surface area contributed by atoms with E-state index in [4.69, 9.17) is 11.6 Å². The van der Waals surface area contributed by atoms with Crippen LogP contribution in [-0.4, -0.2) is 23.6 Å². The van der Waals surface area contributed by atoms with E-state index in [-0.39, 0.29) is 5.88 Å². The number of aliphatic hydroxyl groups excluding tert-OH is 1. The van der Waals surface area contributed by atoms with Crippen LogP contribution in [-0.2, 0) is 0 Å². The van der Waals surface area contributed by atoms with Crippen molar-refractivity contribution in [1.82, 2.24) is 0 Å². The van der Waals surface area contributed by atoms with E-state index in [0.29, 0.717) is 6.54 Å². The summed E-state index contributed by atoms with van der Waals surface area (Å²) in [6, 6.07) is 7.76. The van der Waals surface area contributed by atoms with Crippen molar-refractivity contribution in [3.8, 4) is 0 Å². The number of anilines is 1. The van der Waals surface area contributed by atoms with Gasteiger partial charge in [0.25, 0.3) is 0 Å². The lowest BCUT2D eigenvalue weighted by atomic mass is 10.3. The molecule has 72 valence electrons. The van der Waals surface area contributed by atoms with Crippen LogP contribution in [0.25, 0.3) is 0 Å². The van der Waals surface area contributed by atoms with Gasteiger partial charge in [-0.3, -0.25) is 0 Å². The van der Waals surface area contributed by atoms with Crippen LogP contribution in [0, 0.1) is 0 Å². The molecule has 4 heteroatoms. The molecule has 2 N–H and O–H groups in total. The number of hydrogen-bond donors (Lipinski definition) is 2. The third kappa shape index (κ3) is 3.98. The number of halogens is 2. The molecule has 1 atom stereocenters. The normalized spacial score (nSPS) is 12.5. The monoisotopic (exact) mass is 263 g/mol. The first kappa shape index (κ1) is 10.8. The quantitative estimate of drug-likeness (QED) is 0.819. The van der Waals surface area contributed by atoms with Gasteiger partial charge in [0.1, 0.15) is 0 Å². The van der Waals surface area contributed by atoms with Gasteiger partial charge in [0.05, 0.1) is 12.0 Å². The topological polar surface area (TPSA) is 32.3 Å². The molecular weight excluding hydrogens is 253 g/mol. The van der Waals surface area contributed by atoms with Crippen LogP contribution in [0.1, 0.15) is 0 Å². The summed E-state index contributed by atoms with van der Waals surface area (Å²) in [5, 5.41) is 12.3. The highest BCUT2D eigenvalue weighted by molar-refractivity contribution is 9.10. The molecule has 0 aliphatic heterocycles. The number of rotatable bonds is 4. The Labute approximate surface area is 91.0 Å².